The third-order valence-corrected chi connectivity index (χ3v) is 13.5. The summed E-state index contributed by atoms with van der Waals surface area (Å²) in [6, 6.07) is 88.4. The second-order valence-electron chi connectivity index (χ2n) is 16.8. The Morgan fingerprint density at radius 2 is 0.859 bits per heavy atom. The summed E-state index contributed by atoms with van der Waals surface area (Å²) in [4.78, 5) is 2.39. The van der Waals surface area contributed by atoms with Gasteiger partial charge in [0.1, 0.15) is 11.2 Å². The highest BCUT2D eigenvalue weighted by molar-refractivity contribution is 6.12. The van der Waals surface area contributed by atoms with Crippen LogP contribution in [0.15, 0.2) is 247 Å². The topological polar surface area (TPSA) is 21.3 Å². The number of hydrogen-bond donors (Lipinski definition) is 0. The first-order valence-electron chi connectivity index (χ1n) is 22.0. The molecule has 0 saturated heterocycles. The standard InChI is InChI=1S/C61H40N2O/c1-4-16-41(17-5-1)42-28-31-46(32-29-42)62(48-34-37-60-54(40-48)51-24-12-15-27-59(51)64-60)47-33-36-58-53(39-47)52-38-44(30-35-57(52)63(58)45-20-8-3-9-21-45)61(43-18-6-2-7-19-43)55-25-13-10-22-49(55)50-23-11-14-26-56(50)61/h1-40H. The highest BCUT2D eigenvalue weighted by Gasteiger charge is 2.46. The summed E-state index contributed by atoms with van der Waals surface area (Å²) in [6.07, 6.45) is 0. The molecule has 0 atom stereocenters. The SMILES string of the molecule is c1ccc(-c2ccc(N(c3ccc4oc5ccccc5c4c3)c3ccc4c(c3)c3cc(C5(c6ccccc6)c6ccccc6-c6ccccc65)ccc3n4-c3ccccc3)cc2)cc1. The van der Waals surface area contributed by atoms with Crippen LogP contribution in [0.2, 0.25) is 0 Å². The average molecular weight is 817 g/mol. The number of nitrogens with zero attached hydrogens (tertiary/aromatic N) is 2. The van der Waals surface area contributed by atoms with Crippen molar-refractivity contribution in [2.75, 3.05) is 4.90 Å². The zero-order valence-electron chi connectivity index (χ0n) is 34.9. The van der Waals surface area contributed by atoms with E-state index in [2.05, 4.69) is 240 Å². The summed E-state index contributed by atoms with van der Waals surface area (Å²) < 4.78 is 8.75. The van der Waals surface area contributed by atoms with Crippen LogP contribution in [-0.2, 0) is 5.41 Å². The normalized spacial score (nSPS) is 12.8. The average Bonchev–Trinajstić information content (AvgIpc) is 4.01. The van der Waals surface area contributed by atoms with E-state index >= 15 is 0 Å². The first-order chi connectivity index (χ1) is 31.7. The molecule has 0 aliphatic heterocycles. The van der Waals surface area contributed by atoms with Gasteiger partial charge >= 0.3 is 0 Å². The Hall–Kier alpha value is -8.40. The highest BCUT2D eigenvalue weighted by Crippen LogP contribution is 2.56. The van der Waals surface area contributed by atoms with E-state index in [1.54, 1.807) is 0 Å². The maximum atomic E-state index is 6.33. The molecule has 2 aromatic heterocycles. The minimum Gasteiger partial charge on any atom is -0.456 e. The lowest BCUT2D eigenvalue weighted by atomic mass is 9.67. The molecule has 3 heteroatoms. The van der Waals surface area contributed by atoms with Gasteiger partial charge in [-0.3, -0.25) is 0 Å². The maximum Gasteiger partial charge on any atom is 0.135 e. The number of aromatic nitrogens is 1. The lowest BCUT2D eigenvalue weighted by molar-refractivity contribution is 0.669. The fourth-order valence-electron chi connectivity index (χ4n) is 10.7. The van der Waals surface area contributed by atoms with Crippen molar-refractivity contribution in [3.05, 3.63) is 265 Å². The molecule has 10 aromatic carbocycles. The highest BCUT2D eigenvalue weighted by atomic mass is 16.3. The van der Waals surface area contributed by atoms with Gasteiger partial charge in [0.15, 0.2) is 0 Å². The number of rotatable bonds is 7. The summed E-state index contributed by atoms with van der Waals surface area (Å²) in [7, 11) is 0. The van der Waals surface area contributed by atoms with E-state index in [0.717, 1.165) is 55.7 Å². The third kappa shape index (κ3) is 5.41. The first-order valence-corrected chi connectivity index (χ1v) is 22.0. The van der Waals surface area contributed by atoms with Gasteiger partial charge in [0.25, 0.3) is 0 Å². The monoisotopic (exact) mass is 816 g/mol. The minimum absolute atomic E-state index is 0.517. The molecule has 64 heavy (non-hydrogen) atoms. The second kappa shape index (κ2) is 14.3. The van der Waals surface area contributed by atoms with Crippen molar-refractivity contribution in [1.29, 1.82) is 0 Å². The molecule has 1 aliphatic carbocycles. The lowest BCUT2D eigenvalue weighted by Gasteiger charge is -2.34. The van der Waals surface area contributed by atoms with Gasteiger partial charge in [0.05, 0.1) is 16.4 Å². The van der Waals surface area contributed by atoms with Crippen molar-refractivity contribution < 1.29 is 4.42 Å². The fraction of sp³-hybridized carbons (Fsp3) is 0.0164. The lowest BCUT2D eigenvalue weighted by Crippen LogP contribution is -2.28. The van der Waals surface area contributed by atoms with Gasteiger partial charge in [0, 0.05) is 44.3 Å². The molecule has 0 spiro atoms. The van der Waals surface area contributed by atoms with Crippen molar-refractivity contribution in [3.8, 4) is 27.9 Å². The van der Waals surface area contributed by atoms with Gasteiger partial charge in [-0.05, 0) is 123 Å². The molecular weight excluding hydrogens is 777 g/mol. The van der Waals surface area contributed by atoms with Gasteiger partial charge < -0.3 is 13.9 Å². The van der Waals surface area contributed by atoms with Crippen molar-refractivity contribution in [1.82, 2.24) is 4.57 Å². The molecule has 13 rings (SSSR count). The van der Waals surface area contributed by atoms with Crippen LogP contribution in [0.1, 0.15) is 22.3 Å². The Morgan fingerprint density at radius 3 is 1.58 bits per heavy atom. The third-order valence-electron chi connectivity index (χ3n) is 13.5. The van der Waals surface area contributed by atoms with Crippen LogP contribution in [0.5, 0.6) is 0 Å². The number of fused-ring (bicyclic) bond motifs is 9. The van der Waals surface area contributed by atoms with Crippen molar-refractivity contribution >= 4 is 60.8 Å². The molecule has 0 N–H and O–H groups in total. The summed E-state index contributed by atoms with van der Waals surface area (Å²) in [5, 5.41) is 4.58. The Labute approximate surface area is 371 Å². The fourth-order valence-corrected chi connectivity index (χ4v) is 10.7. The molecule has 0 radical (unpaired) electrons. The maximum absolute atomic E-state index is 6.33. The first kappa shape index (κ1) is 36.3. The molecule has 0 bridgehead atoms. The molecule has 0 fully saturated rings. The Bertz CT molecular complexity index is 3670. The van der Waals surface area contributed by atoms with Crippen molar-refractivity contribution in [3.63, 3.8) is 0 Å². The van der Waals surface area contributed by atoms with Gasteiger partial charge in [-0.25, -0.2) is 0 Å². The summed E-state index contributed by atoms with van der Waals surface area (Å²) >= 11 is 0. The predicted octanol–water partition coefficient (Wildman–Crippen LogP) is 16.2. The summed E-state index contributed by atoms with van der Waals surface area (Å²) in [6.45, 7) is 0. The number of furan rings is 1. The summed E-state index contributed by atoms with van der Waals surface area (Å²) in [5.74, 6) is 0. The molecule has 12 aromatic rings. The molecule has 300 valence electrons. The second-order valence-corrected chi connectivity index (χ2v) is 16.8. The zero-order chi connectivity index (χ0) is 42.2. The van der Waals surface area contributed by atoms with E-state index in [1.807, 2.05) is 12.1 Å². The van der Waals surface area contributed by atoms with Gasteiger partial charge in [0.2, 0.25) is 0 Å². The van der Waals surface area contributed by atoms with Gasteiger partial charge in [-0.1, -0.05) is 164 Å². The summed E-state index contributed by atoms with van der Waals surface area (Å²) in [5.41, 5.74) is 17.9. The predicted molar refractivity (Wildman–Crippen MR) is 265 cm³/mol. The van der Waals surface area contributed by atoms with Crippen LogP contribution in [-0.4, -0.2) is 4.57 Å². The van der Waals surface area contributed by atoms with Gasteiger partial charge in [-0.15, -0.1) is 0 Å². The van der Waals surface area contributed by atoms with E-state index in [4.69, 9.17) is 4.42 Å². The Morgan fingerprint density at radius 1 is 0.344 bits per heavy atom. The Kier molecular flexibility index (Phi) is 8.13. The molecular formula is C61H40N2O. The number of anilines is 3. The van der Waals surface area contributed by atoms with Crippen LogP contribution < -0.4 is 4.90 Å². The number of benzene rings is 10. The number of hydrogen-bond acceptors (Lipinski definition) is 2. The largest absolute Gasteiger partial charge is 0.456 e. The van der Waals surface area contributed by atoms with E-state index < -0.39 is 5.41 Å². The quantitative estimate of drug-likeness (QED) is 0.160. The van der Waals surface area contributed by atoms with E-state index in [-0.39, 0.29) is 0 Å². The van der Waals surface area contributed by atoms with Crippen LogP contribution in [0.25, 0.3) is 71.7 Å². The van der Waals surface area contributed by atoms with Crippen LogP contribution in [0.3, 0.4) is 0 Å². The van der Waals surface area contributed by atoms with Crippen molar-refractivity contribution in [2.24, 2.45) is 0 Å². The molecule has 0 unspecified atom stereocenters. The van der Waals surface area contributed by atoms with Crippen LogP contribution in [0, 0.1) is 0 Å². The Balaban J connectivity index is 1.08. The molecule has 2 heterocycles. The van der Waals surface area contributed by atoms with Crippen molar-refractivity contribution in [2.45, 2.75) is 5.41 Å². The smallest absolute Gasteiger partial charge is 0.135 e. The molecule has 1 aliphatic rings. The van der Waals surface area contributed by atoms with Crippen LogP contribution in [0.4, 0.5) is 17.1 Å². The van der Waals surface area contributed by atoms with Gasteiger partial charge in [-0.2, -0.15) is 0 Å². The molecule has 0 amide bonds. The van der Waals surface area contributed by atoms with E-state index in [0.29, 0.717) is 0 Å². The van der Waals surface area contributed by atoms with E-state index in [9.17, 15) is 0 Å². The minimum atomic E-state index is -0.517. The zero-order valence-corrected chi connectivity index (χ0v) is 34.9. The van der Waals surface area contributed by atoms with E-state index in [1.165, 1.54) is 55.3 Å². The van der Waals surface area contributed by atoms with Crippen LogP contribution >= 0.6 is 0 Å². The number of para-hydroxylation sites is 2. The molecule has 0 saturated carbocycles. The molecule has 3 nitrogen and oxygen atoms in total.